The van der Waals surface area contributed by atoms with Crippen LogP contribution in [0.3, 0.4) is 0 Å². The minimum atomic E-state index is -0.452. The van der Waals surface area contributed by atoms with Crippen LogP contribution in [0.5, 0.6) is 0 Å². The lowest BCUT2D eigenvalue weighted by molar-refractivity contribution is -0.114. The van der Waals surface area contributed by atoms with Gasteiger partial charge in [-0.1, -0.05) is 6.07 Å². The third-order valence-electron chi connectivity index (χ3n) is 4.04. The zero-order chi connectivity index (χ0) is 20.0. The highest BCUT2D eigenvalue weighted by molar-refractivity contribution is 6.10. The Bertz CT molecular complexity index is 899. The van der Waals surface area contributed by atoms with Gasteiger partial charge in [-0.2, -0.15) is 0 Å². The second kappa shape index (κ2) is 8.80. The Balaban J connectivity index is 1.99. The van der Waals surface area contributed by atoms with Gasteiger partial charge >= 0.3 is 5.97 Å². The highest BCUT2D eigenvalue weighted by Gasteiger charge is 2.09. The van der Waals surface area contributed by atoms with Crippen molar-refractivity contribution in [3.8, 4) is 0 Å². The average molecular weight is 366 g/mol. The first-order valence-corrected chi connectivity index (χ1v) is 8.36. The number of anilines is 2. The van der Waals surface area contributed by atoms with Crippen LogP contribution in [0.4, 0.5) is 11.4 Å². The number of ether oxygens (including phenoxy) is 1. The number of hydrogen-bond acceptors (Lipinski definition) is 4. The van der Waals surface area contributed by atoms with E-state index in [-0.39, 0.29) is 11.5 Å². The molecule has 0 aromatic heterocycles. The summed E-state index contributed by atoms with van der Waals surface area (Å²) in [6.45, 7) is 5.51. The quantitative estimate of drug-likeness (QED) is 0.625. The van der Waals surface area contributed by atoms with E-state index in [4.69, 9.17) is 0 Å². The summed E-state index contributed by atoms with van der Waals surface area (Å²) in [4.78, 5) is 35.7. The average Bonchev–Trinajstić information content (AvgIpc) is 2.64. The number of carbonyl (C=O) groups excluding carboxylic acids is 3. The summed E-state index contributed by atoms with van der Waals surface area (Å²) in [6, 6.07) is 11.9. The van der Waals surface area contributed by atoms with Crippen molar-refractivity contribution in [2.75, 3.05) is 17.7 Å². The molecule has 27 heavy (non-hydrogen) atoms. The summed E-state index contributed by atoms with van der Waals surface area (Å²) in [7, 11) is 1.30. The molecule has 0 saturated carbocycles. The summed E-state index contributed by atoms with van der Waals surface area (Å²) >= 11 is 0. The minimum Gasteiger partial charge on any atom is -0.465 e. The highest BCUT2D eigenvalue weighted by Crippen LogP contribution is 2.15. The molecule has 2 aromatic rings. The van der Waals surface area contributed by atoms with Crippen molar-refractivity contribution in [3.63, 3.8) is 0 Å². The van der Waals surface area contributed by atoms with Gasteiger partial charge in [0.25, 0.3) is 5.91 Å². The molecular weight excluding hydrogens is 344 g/mol. The number of aryl methyl sites for hydroxylation is 2. The first kappa shape index (κ1) is 19.9. The number of hydrogen-bond donors (Lipinski definition) is 2. The lowest BCUT2D eigenvalue weighted by Gasteiger charge is -2.08. The van der Waals surface area contributed by atoms with E-state index in [1.807, 2.05) is 32.0 Å². The molecule has 2 N–H and O–H groups in total. The molecule has 0 saturated heterocycles. The highest BCUT2D eigenvalue weighted by atomic mass is 16.5. The zero-order valence-electron chi connectivity index (χ0n) is 15.8. The Hall–Kier alpha value is -3.41. The fourth-order valence-electron chi connectivity index (χ4n) is 2.30. The topological polar surface area (TPSA) is 84.5 Å². The van der Waals surface area contributed by atoms with E-state index in [0.29, 0.717) is 16.9 Å². The maximum absolute atomic E-state index is 12.2. The van der Waals surface area contributed by atoms with Crippen molar-refractivity contribution in [1.82, 2.24) is 0 Å². The van der Waals surface area contributed by atoms with Gasteiger partial charge in [0.05, 0.1) is 12.7 Å². The molecule has 0 fully saturated rings. The number of carbonyl (C=O) groups is 3. The van der Waals surface area contributed by atoms with Crippen molar-refractivity contribution < 1.29 is 19.1 Å². The summed E-state index contributed by atoms with van der Waals surface area (Å²) < 4.78 is 4.62. The predicted octanol–water partition coefficient (Wildman–Crippen LogP) is 3.61. The van der Waals surface area contributed by atoms with Gasteiger partial charge in [0.15, 0.2) is 0 Å². The number of rotatable bonds is 5. The Morgan fingerprint density at radius 2 is 1.52 bits per heavy atom. The van der Waals surface area contributed by atoms with E-state index >= 15 is 0 Å². The molecule has 0 heterocycles. The van der Waals surface area contributed by atoms with Crippen LogP contribution in [0.15, 0.2) is 54.1 Å². The smallest absolute Gasteiger partial charge is 0.337 e. The van der Waals surface area contributed by atoms with Gasteiger partial charge in [-0.25, -0.2) is 4.79 Å². The number of amides is 2. The number of esters is 1. The zero-order valence-corrected chi connectivity index (χ0v) is 15.8. The molecule has 0 atom stereocenters. The van der Waals surface area contributed by atoms with Crippen LogP contribution in [0.1, 0.15) is 28.4 Å². The van der Waals surface area contributed by atoms with E-state index < -0.39 is 11.9 Å². The van der Waals surface area contributed by atoms with Crippen LogP contribution in [-0.2, 0) is 14.3 Å². The first-order chi connectivity index (χ1) is 12.8. The van der Waals surface area contributed by atoms with Crippen LogP contribution in [0.2, 0.25) is 0 Å². The van der Waals surface area contributed by atoms with Crippen LogP contribution in [-0.4, -0.2) is 24.9 Å². The molecule has 140 valence electrons. The van der Waals surface area contributed by atoms with Gasteiger partial charge in [0, 0.05) is 23.0 Å². The number of nitrogens with one attached hydrogen (secondary N) is 2. The fraction of sp³-hybridized carbons (Fsp3) is 0.190. The molecular formula is C21H22N2O4. The predicted molar refractivity (Wildman–Crippen MR) is 105 cm³/mol. The van der Waals surface area contributed by atoms with Gasteiger partial charge in [-0.05, 0) is 68.3 Å². The molecule has 0 bridgehead atoms. The van der Waals surface area contributed by atoms with Gasteiger partial charge in [0.2, 0.25) is 5.91 Å². The van der Waals surface area contributed by atoms with E-state index in [9.17, 15) is 14.4 Å². The first-order valence-electron chi connectivity index (χ1n) is 8.36. The molecule has 2 amide bonds. The second-order valence-electron chi connectivity index (χ2n) is 6.14. The van der Waals surface area contributed by atoms with E-state index in [0.717, 1.165) is 11.1 Å². The normalized spacial score (nSPS) is 10.9. The Morgan fingerprint density at radius 1 is 0.889 bits per heavy atom. The Kier molecular flexibility index (Phi) is 6.49. The van der Waals surface area contributed by atoms with Gasteiger partial charge in [-0.3, -0.25) is 9.59 Å². The summed E-state index contributed by atoms with van der Waals surface area (Å²) in [5, 5.41) is 5.41. The van der Waals surface area contributed by atoms with Crippen LogP contribution < -0.4 is 10.6 Å². The summed E-state index contributed by atoms with van der Waals surface area (Å²) in [5.41, 5.74) is 4.03. The molecule has 0 aliphatic carbocycles. The molecule has 0 unspecified atom stereocenters. The molecule has 0 spiro atoms. The second-order valence-corrected chi connectivity index (χ2v) is 6.14. The SMILES string of the molecule is COC(=O)c1ccc(NC(=O)/C(C)=C/C(=O)Nc2ccc(C)c(C)c2)cc1. The number of methoxy groups -OCH3 is 1. The standard InChI is InChI=1S/C21H22N2O4/c1-13-5-8-18(11-14(13)2)22-19(24)12-15(3)20(25)23-17-9-6-16(7-10-17)21(26)27-4/h5-12H,1-4H3,(H,22,24)(H,23,25)/b15-12+. The van der Waals surface area contributed by atoms with Crippen LogP contribution in [0.25, 0.3) is 0 Å². The van der Waals surface area contributed by atoms with Gasteiger partial charge in [-0.15, -0.1) is 0 Å². The van der Waals surface area contributed by atoms with Crippen molar-refractivity contribution in [2.45, 2.75) is 20.8 Å². The molecule has 6 nitrogen and oxygen atoms in total. The fourth-order valence-corrected chi connectivity index (χ4v) is 2.30. The molecule has 0 aliphatic rings. The minimum absolute atomic E-state index is 0.258. The van der Waals surface area contributed by atoms with Crippen LogP contribution >= 0.6 is 0 Å². The maximum atomic E-state index is 12.2. The summed E-state index contributed by atoms with van der Waals surface area (Å²) in [6.07, 6.45) is 1.24. The monoisotopic (exact) mass is 366 g/mol. The Morgan fingerprint density at radius 3 is 2.11 bits per heavy atom. The third-order valence-corrected chi connectivity index (χ3v) is 4.04. The molecule has 2 rings (SSSR count). The van der Waals surface area contributed by atoms with E-state index in [1.165, 1.54) is 13.2 Å². The van der Waals surface area contributed by atoms with Crippen LogP contribution in [0, 0.1) is 13.8 Å². The van der Waals surface area contributed by atoms with Crippen molar-refractivity contribution in [3.05, 3.63) is 70.8 Å². The Labute approximate surface area is 158 Å². The molecule has 0 aliphatic heterocycles. The summed E-state index contributed by atoms with van der Waals surface area (Å²) in [5.74, 6) is -1.24. The van der Waals surface area contributed by atoms with Crippen molar-refractivity contribution in [1.29, 1.82) is 0 Å². The maximum Gasteiger partial charge on any atom is 0.337 e. The molecule has 2 aromatic carbocycles. The van der Waals surface area contributed by atoms with Gasteiger partial charge < -0.3 is 15.4 Å². The molecule has 6 heteroatoms. The third kappa shape index (κ3) is 5.54. The lowest BCUT2D eigenvalue weighted by Crippen LogP contribution is -2.16. The number of benzene rings is 2. The largest absolute Gasteiger partial charge is 0.465 e. The lowest BCUT2D eigenvalue weighted by atomic mass is 10.1. The van der Waals surface area contributed by atoms with E-state index in [1.54, 1.807) is 31.2 Å². The van der Waals surface area contributed by atoms with Gasteiger partial charge in [0.1, 0.15) is 0 Å². The molecule has 0 radical (unpaired) electrons. The van der Waals surface area contributed by atoms with E-state index in [2.05, 4.69) is 15.4 Å². The van der Waals surface area contributed by atoms with Crippen molar-refractivity contribution in [2.24, 2.45) is 0 Å². The van der Waals surface area contributed by atoms with Crippen molar-refractivity contribution >= 4 is 29.2 Å².